The lowest BCUT2D eigenvalue weighted by Gasteiger charge is -2.54. The van der Waals surface area contributed by atoms with Crippen molar-refractivity contribution in [2.24, 2.45) is 17.3 Å². The second kappa shape index (κ2) is 4.87. The normalized spacial score (nSPS) is 26.5. The number of fused-ring (bicyclic) bond motifs is 1. The molecule has 21 heavy (non-hydrogen) atoms. The van der Waals surface area contributed by atoms with E-state index in [4.69, 9.17) is 0 Å². The predicted molar refractivity (Wildman–Crippen MR) is 88.3 cm³/mol. The number of benzene rings is 1. The van der Waals surface area contributed by atoms with E-state index in [0.29, 0.717) is 11.7 Å². The van der Waals surface area contributed by atoms with Crippen LogP contribution in [0, 0.1) is 17.3 Å². The van der Waals surface area contributed by atoms with Gasteiger partial charge in [0, 0.05) is 25.7 Å². The molecule has 0 spiro atoms. The highest BCUT2D eigenvalue weighted by molar-refractivity contribution is 5.96. The molecule has 0 aromatic heterocycles. The van der Waals surface area contributed by atoms with Crippen molar-refractivity contribution in [1.82, 2.24) is 0 Å². The van der Waals surface area contributed by atoms with Crippen LogP contribution >= 0.6 is 0 Å². The van der Waals surface area contributed by atoms with Crippen molar-refractivity contribution in [1.29, 1.82) is 0 Å². The number of ketones is 1. The fourth-order valence-electron chi connectivity index (χ4n) is 3.58. The van der Waals surface area contributed by atoms with Gasteiger partial charge >= 0.3 is 0 Å². The van der Waals surface area contributed by atoms with Gasteiger partial charge in [0.15, 0.2) is 5.78 Å². The summed E-state index contributed by atoms with van der Waals surface area (Å²) >= 11 is 0. The van der Waals surface area contributed by atoms with Gasteiger partial charge in [0.1, 0.15) is 0 Å². The van der Waals surface area contributed by atoms with Crippen molar-refractivity contribution in [3.63, 3.8) is 0 Å². The molecule has 3 aliphatic rings. The van der Waals surface area contributed by atoms with Crippen molar-refractivity contribution in [2.45, 2.75) is 20.3 Å². The summed E-state index contributed by atoms with van der Waals surface area (Å²) in [6, 6.07) is 8.46. The Labute approximate surface area is 127 Å². The number of hydrogen-bond acceptors (Lipinski definition) is 2. The van der Waals surface area contributed by atoms with Crippen LogP contribution in [-0.2, 0) is 4.79 Å². The maximum atomic E-state index is 12.1. The molecule has 0 aliphatic heterocycles. The molecule has 1 aromatic carbocycles. The average molecular weight is 281 g/mol. The summed E-state index contributed by atoms with van der Waals surface area (Å²) in [5, 5.41) is 0. The molecular formula is C19H23NO. The van der Waals surface area contributed by atoms with Gasteiger partial charge in [-0.2, -0.15) is 0 Å². The molecule has 2 atom stereocenters. The van der Waals surface area contributed by atoms with Gasteiger partial charge in [-0.05, 0) is 47.1 Å². The summed E-state index contributed by atoms with van der Waals surface area (Å²) in [6.45, 7) is 4.44. The van der Waals surface area contributed by atoms with Gasteiger partial charge in [-0.1, -0.05) is 38.1 Å². The SMILES string of the molecule is CN(C)c1ccc(/C=C/C2=CC(=O)[C@H]3C[C@@H]2C3(C)C)cc1. The summed E-state index contributed by atoms with van der Waals surface area (Å²) in [4.78, 5) is 14.2. The minimum absolute atomic E-state index is 0.139. The number of nitrogens with zero attached hydrogens (tertiary/aromatic N) is 1. The number of hydrogen-bond donors (Lipinski definition) is 0. The molecule has 0 unspecified atom stereocenters. The Morgan fingerprint density at radius 2 is 1.76 bits per heavy atom. The molecular weight excluding hydrogens is 258 g/mol. The summed E-state index contributed by atoms with van der Waals surface area (Å²) < 4.78 is 0. The largest absolute Gasteiger partial charge is 0.378 e. The van der Waals surface area contributed by atoms with Crippen LogP contribution in [0.4, 0.5) is 5.69 Å². The summed E-state index contributed by atoms with van der Waals surface area (Å²) in [6.07, 6.45) is 7.13. The Bertz CT molecular complexity index is 619. The Morgan fingerprint density at radius 1 is 1.10 bits per heavy atom. The first-order valence-corrected chi connectivity index (χ1v) is 7.60. The molecule has 1 aromatic rings. The van der Waals surface area contributed by atoms with E-state index in [1.54, 1.807) is 0 Å². The summed E-state index contributed by atoms with van der Waals surface area (Å²) in [5.41, 5.74) is 3.71. The van der Waals surface area contributed by atoms with Gasteiger partial charge in [-0.15, -0.1) is 0 Å². The van der Waals surface area contributed by atoms with Crippen molar-refractivity contribution in [3.05, 3.63) is 47.6 Å². The van der Waals surface area contributed by atoms with Crippen molar-refractivity contribution in [2.75, 3.05) is 19.0 Å². The molecule has 2 bridgehead atoms. The smallest absolute Gasteiger partial charge is 0.159 e. The Morgan fingerprint density at radius 3 is 2.29 bits per heavy atom. The van der Waals surface area contributed by atoms with Gasteiger partial charge in [0.25, 0.3) is 0 Å². The fraction of sp³-hybridized carbons (Fsp3) is 0.421. The van der Waals surface area contributed by atoms with Crippen LogP contribution in [0.5, 0.6) is 0 Å². The molecule has 2 heteroatoms. The van der Waals surface area contributed by atoms with Crippen LogP contribution in [0.25, 0.3) is 6.08 Å². The second-order valence-corrected chi connectivity index (χ2v) is 7.03. The molecule has 3 aliphatic carbocycles. The molecule has 2 nitrogen and oxygen atoms in total. The monoisotopic (exact) mass is 281 g/mol. The highest BCUT2D eigenvalue weighted by Gasteiger charge is 2.54. The van der Waals surface area contributed by atoms with Gasteiger partial charge in [0.05, 0.1) is 0 Å². The van der Waals surface area contributed by atoms with Gasteiger partial charge in [0.2, 0.25) is 0 Å². The van der Waals surface area contributed by atoms with Crippen LogP contribution in [-0.4, -0.2) is 19.9 Å². The van der Waals surface area contributed by atoms with E-state index >= 15 is 0 Å². The molecule has 0 saturated heterocycles. The molecule has 0 radical (unpaired) electrons. The fourth-order valence-corrected chi connectivity index (χ4v) is 3.58. The van der Waals surface area contributed by atoms with E-state index in [0.717, 1.165) is 6.42 Å². The minimum Gasteiger partial charge on any atom is -0.378 e. The average Bonchev–Trinajstić information content (AvgIpc) is 2.44. The lowest BCUT2D eigenvalue weighted by molar-refractivity contribution is -0.133. The first-order valence-electron chi connectivity index (χ1n) is 7.60. The van der Waals surface area contributed by atoms with Gasteiger partial charge < -0.3 is 4.90 Å². The van der Waals surface area contributed by atoms with E-state index in [1.165, 1.54) is 16.8 Å². The Balaban J connectivity index is 1.79. The maximum absolute atomic E-state index is 12.1. The van der Waals surface area contributed by atoms with Crippen molar-refractivity contribution < 1.29 is 4.79 Å². The topological polar surface area (TPSA) is 20.3 Å². The Kier molecular flexibility index (Phi) is 3.27. The van der Waals surface area contributed by atoms with Gasteiger partial charge in [-0.25, -0.2) is 0 Å². The third-order valence-corrected chi connectivity index (χ3v) is 5.20. The van der Waals surface area contributed by atoms with Crippen LogP contribution in [0.3, 0.4) is 0 Å². The lowest BCUT2D eigenvalue weighted by Crippen LogP contribution is -2.52. The van der Waals surface area contributed by atoms with Crippen LogP contribution in [0.2, 0.25) is 0 Å². The first kappa shape index (κ1) is 14.1. The Hall–Kier alpha value is -1.83. The number of allylic oxidation sites excluding steroid dienone is 3. The van der Waals surface area contributed by atoms with Crippen LogP contribution in [0.1, 0.15) is 25.8 Å². The maximum Gasteiger partial charge on any atom is 0.159 e. The van der Waals surface area contributed by atoms with Gasteiger partial charge in [-0.3, -0.25) is 4.79 Å². The standard InChI is InChI=1S/C19H23NO/c1-19(2)16-12-17(19)18(21)11-14(16)8-5-13-6-9-15(10-7-13)20(3)4/h5-11,16-17H,12H2,1-4H3/b8-5+/t16-,17+/m0/s1. The molecule has 1 fully saturated rings. The third-order valence-electron chi connectivity index (χ3n) is 5.20. The third kappa shape index (κ3) is 2.33. The molecule has 0 amide bonds. The van der Waals surface area contributed by atoms with E-state index in [-0.39, 0.29) is 11.3 Å². The quantitative estimate of drug-likeness (QED) is 0.836. The summed E-state index contributed by atoms with van der Waals surface area (Å²) in [5.74, 6) is 1.10. The molecule has 110 valence electrons. The number of carbonyl (C=O) groups is 1. The molecule has 1 saturated carbocycles. The van der Waals surface area contributed by atoms with Crippen LogP contribution in [0.15, 0.2) is 42.0 Å². The second-order valence-electron chi connectivity index (χ2n) is 7.03. The predicted octanol–water partition coefficient (Wildman–Crippen LogP) is 3.94. The minimum atomic E-state index is 0.139. The van der Waals surface area contributed by atoms with Crippen LogP contribution < -0.4 is 4.90 Å². The number of rotatable bonds is 3. The first-order chi connectivity index (χ1) is 9.89. The van der Waals surface area contributed by atoms with Crippen molar-refractivity contribution >= 4 is 17.5 Å². The van der Waals surface area contributed by atoms with E-state index in [1.807, 2.05) is 20.2 Å². The highest BCUT2D eigenvalue weighted by atomic mass is 16.1. The zero-order chi connectivity index (χ0) is 15.2. The lowest BCUT2D eigenvalue weighted by atomic mass is 9.48. The van der Waals surface area contributed by atoms with E-state index in [2.05, 4.69) is 55.2 Å². The summed E-state index contributed by atoms with van der Waals surface area (Å²) in [7, 11) is 4.08. The van der Waals surface area contributed by atoms with Crippen molar-refractivity contribution in [3.8, 4) is 0 Å². The highest BCUT2D eigenvalue weighted by Crippen LogP contribution is 2.58. The molecule has 0 N–H and O–H groups in total. The number of anilines is 1. The van der Waals surface area contributed by atoms with E-state index < -0.39 is 0 Å². The van der Waals surface area contributed by atoms with E-state index in [9.17, 15) is 4.79 Å². The molecule has 4 rings (SSSR count). The number of carbonyl (C=O) groups excluding carboxylic acids is 1. The molecule has 0 heterocycles. The zero-order valence-electron chi connectivity index (χ0n) is 13.3. The zero-order valence-corrected chi connectivity index (χ0v) is 13.3.